The number of hydrogen-bond acceptors (Lipinski definition) is 6. The van der Waals surface area contributed by atoms with E-state index in [1.165, 1.54) is 24.8 Å². The number of ether oxygens (including phenoxy) is 1. The van der Waals surface area contributed by atoms with Gasteiger partial charge in [0.2, 0.25) is 5.13 Å². The van der Waals surface area contributed by atoms with Crippen LogP contribution in [0.25, 0.3) is 0 Å². The maximum absolute atomic E-state index is 5.74. The number of hydrogen-bond donors (Lipinski definition) is 1. The van der Waals surface area contributed by atoms with Gasteiger partial charge in [0.05, 0.1) is 6.10 Å². The number of thioether (sulfide) groups is 1. The summed E-state index contributed by atoms with van der Waals surface area (Å²) in [6, 6.07) is 8.45. The van der Waals surface area contributed by atoms with Crippen molar-refractivity contribution in [1.82, 2.24) is 10.2 Å². The summed E-state index contributed by atoms with van der Waals surface area (Å²) in [5.41, 5.74) is 2.40. The lowest BCUT2D eigenvalue weighted by Gasteiger charge is -2.21. The molecule has 0 radical (unpaired) electrons. The molecule has 0 saturated carbocycles. The summed E-state index contributed by atoms with van der Waals surface area (Å²) in [4.78, 5) is 0. The van der Waals surface area contributed by atoms with Gasteiger partial charge in [-0.1, -0.05) is 42.2 Å². The average Bonchev–Trinajstić information content (AvgIpc) is 3.02. The Morgan fingerprint density at radius 3 is 2.86 bits per heavy atom. The molecule has 0 amide bonds. The number of aromatic nitrogens is 2. The number of anilines is 2. The molecule has 1 aliphatic heterocycles. The molecular weight excluding hydrogens is 314 g/mol. The molecule has 1 aromatic heterocycles. The van der Waals surface area contributed by atoms with Crippen molar-refractivity contribution in [3.8, 4) is 0 Å². The molecule has 1 saturated heterocycles. The van der Waals surface area contributed by atoms with Gasteiger partial charge in [-0.15, -0.1) is 10.2 Å². The van der Waals surface area contributed by atoms with Crippen molar-refractivity contribution in [3.63, 3.8) is 0 Å². The first-order valence-corrected chi connectivity index (χ1v) is 9.57. The van der Waals surface area contributed by atoms with Gasteiger partial charge in [0.1, 0.15) is 0 Å². The first kappa shape index (κ1) is 15.8. The van der Waals surface area contributed by atoms with Crippen molar-refractivity contribution in [1.29, 1.82) is 0 Å². The Bertz CT molecular complexity index is 579. The highest BCUT2D eigenvalue weighted by molar-refractivity contribution is 8.01. The standard InChI is InChI=1S/C16H21N3OS2/c1-2-12-6-8-13(9-7-12)17-15-18-19-16(22-15)21-11-14-5-3-4-10-20-14/h6-9,14H,2-5,10-11H2,1H3,(H,17,18). The zero-order valence-corrected chi connectivity index (χ0v) is 14.4. The monoisotopic (exact) mass is 335 g/mol. The molecule has 118 valence electrons. The van der Waals surface area contributed by atoms with Crippen molar-refractivity contribution in [3.05, 3.63) is 29.8 Å². The lowest BCUT2D eigenvalue weighted by molar-refractivity contribution is 0.0315. The predicted octanol–water partition coefficient (Wildman–Crippen LogP) is 4.51. The minimum Gasteiger partial charge on any atom is -0.377 e. The molecule has 0 bridgehead atoms. The smallest absolute Gasteiger partial charge is 0.210 e. The summed E-state index contributed by atoms with van der Waals surface area (Å²) >= 11 is 3.34. The second-order valence-corrected chi connectivity index (χ2v) is 7.59. The van der Waals surface area contributed by atoms with Crippen LogP contribution in [0.2, 0.25) is 0 Å². The zero-order valence-electron chi connectivity index (χ0n) is 12.7. The molecule has 22 heavy (non-hydrogen) atoms. The van der Waals surface area contributed by atoms with Crippen molar-refractivity contribution in [2.24, 2.45) is 0 Å². The van der Waals surface area contributed by atoms with E-state index in [0.717, 1.165) is 33.9 Å². The van der Waals surface area contributed by atoms with E-state index >= 15 is 0 Å². The molecule has 2 heterocycles. The van der Waals surface area contributed by atoms with Gasteiger partial charge in [-0.25, -0.2) is 0 Å². The number of nitrogens with zero attached hydrogens (tertiary/aromatic N) is 2. The van der Waals surface area contributed by atoms with Gasteiger partial charge in [0.25, 0.3) is 0 Å². The third kappa shape index (κ3) is 4.44. The maximum Gasteiger partial charge on any atom is 0.210 e. The Hall–Kier alpha value is -1.11. The molecule has 0 spiro atoms. The number of benzene rings is 1. The molecule has 1 aromatic carbocycles. The molecule has 1 fully saturated rings. The van der Waals surface area contributed by atoms with Gasteiger partial charge in [-0.05, 0) is 43.4 Å². The Morgan fingerprint density at radius 2 is 2.14 bits per heavy atom. The van der Waals surface area contributed by atoms with E-state index in [1.54, 1.807) is 23.1 Å². The summed E-state index contributed by atoms with van der Waals surface area (Å²) in [6.45, 7) is 3.06. The SMILES string of the molecule is CCc1ccc(Nc2nnc(SCC3CCCCO3)s2)cc1. The molecule has 1 unspecified atom stereocenters. The fourth-order valence-electron chi connectivity index (χ4n) is 2.37. The lowest BCUT2D eigenvalue weighted by atomic mass is 10.1. The summed E-state index contributed by atoms with van der Waals surface area (Å²) in [5.74, 6) is 0.972. The Balaban J connectivity index is 1.51. The Morgan fingerprint density at radius 1 is 1.27 bits per heavy atom. The van der Waals surface area contributed by atoms with Crippen molar-refractivity contribution in [2.75, 3.05) is 17.7 Å². The molecule has 4 nitrogen and oxygen atoms in total. The van der Waals surface area contributed by atoms with Crippen LogP contribution in [0.15, 0.2) is 28.6 Å². The molecule has 2 aromatic rings. The third-order valence-corrected chi connectivity index (χ3v) is 5.79. The first-order chi connectivity index (χ1) is 10.8. The molecule has 1 aliphatic rings. The largest absolute Gasteiger partial charge is 0.377 e. The van der Waals surface area contributed by atoms with E-state index in [4.69, 9.17) is 4.74 Å². The fourth-order valence-corrected chi connectivity index (χ4v) is 4.23. The van der Waals surface area contributed by atoms with Crippen LogP contribution in [-0.2, 0) is 11.2 Å². The van der Waals surface area contributed by atoms with Crippen LogP contribution in [-0.4, -0.2) is 28.7 Å². The summed E-state index contributed by atoms with van der Waals surface area (Å²) in [7, 11) is 0. The van der Waals surface area contributed by atoms with Crippen LogP contribution < -0.4 is 5.32 Å². The quantitative estimate of drug-likeness (QED) is 0.787. The topological polar surface area (TPSA) is 47.0 Å². The van der Waals surface area contributed by atoms with E-state index in [9.17, 15) is 0 Å². The van der Waals surface area contributed by atoms with Gasteiger partial charge in [-0.2, -0.15) is 0 Å². The van der Waals surface area contributed by atoms with Crippen LogP contribution in [0.1, 0.15) is 31.7 Å². The van der Waals surface area contributed by atoms with E-state index in [-0.39, 0.29) is 0 Å². The second-order valence-electron chi connectivity index (χ2n) is 5.35. The lowest BCUT2D eigenvalue weighted by Crippen LogP contribution is -2.21. The molecule has 1 atom stereocenters. The highest BCUT2D eigenvalue weighted by Crippen LogP contribution is 2.29. The van der Waals surface area contributed by atoms with Gasteiger partial charge < -0.3 is 10.1 Å². The molecule has 3 rings (SSSR count). The van der Waals surface area contributed by atoms with Crippen molar-refractivity contribution < 1.29 is 4.74 Å². The molecule has 0 aliphatic carbocycles. The van der Waals surface area contributed by atoms with E-state index in [0.29, 0.717) is 6.10 Å². The van der Waals surface area contributed by atoms with Gasteiger partial charge >= 0.3 is 0 Å². The van der Waals surface area contributed by atoms with E-state index < -0.39 is 0 Å². The van der Waals surface area contributed by atoms with Gasteiger partial charge in [0, 0.05) is 18.0 Å². The minimum atomic E-state index is 0.376. The highest BCUT2D eigenvalue weighted by Gasteiger charge is 2.15. The third-order valence-electron chi connectivity index (χ3n) is 3.69. The highest BCUT2D eigenvalue weighted by atomic mass is 32.2. The van der Waals surface area contributed by atoms with Crippen molar-refractivity contribution in [2.45, 2.75) is 43.1 Å². The maximum atomic E-state index is 5.74. The number of aryl methyl sites for hydroxylation is 1. The Labute approximate surface area is 139 Å². The first-order valence-electron chi connectivity index (χ1n) is 7.77. The second kappa shape index (κ2) is 7.94. The number of nitrogens with one attached hydrogen (secondary N) is 1. The summed E-state index contributed by atoms with van der Waals surface area (Å²) in [6.07, 6.45) is 5.08. The minimum absolute atomic E-state index is 0.376. The number of rotatable bonds is 6. The Kier molecular flexibility index (Phi) is 5.70. The van der Waals surface area contributed by atoms with Gasteiger partial charge in [0.15, 0.2) is 4.34 Å². The molecule has 1 N–H and O–H groups in total. The normalized spacial score (nSPS) is 18.3. The van der Waals surface area contributed by atoms with Crippen LogP contribution >= 0.6 is 23.1 Å². The van der Waals surface area contributed by atoms with Crippen LogP contribution in [0.4, 0.5) is 10.8 Å². The fraction of sp³-hybridized carbons (Fsp3) is 0.500. The predicted molar refractivity (Wildman–Crippen MR) is 93.3 cm³/mol. The molecular formula is C16H21N3OS2. The molecule has 6 heteroatoms. The van der Waals surface area contributed by atoms with Crippen LogP contribution in [0.5, 0.6) is 0 Å². The summed E-state index contributed by atoms with van der Waals surface area (Å²) in [5, 5.41) is 12.6. The van der Waals surface area contributed by atoms with Gasteiger partial charge in [-0.3, -0.25) is 0 Å². The van der Waals surface area contributed by atoms with Crippen molar-refractivity contribution >= 4 is 33.9 Å². The van der Waals surface area contributed by atoms with E-state index in [1.807, 2.05) is 0 Å². The van der Waals surface area contributed by atoms with Crippen LogP contribution in [0.3, 0.4) is 0 Å². The van der Waals surface area contributed by atoms with E-state index in [2.05, 4.69) is 46.7 Å². The summed E-state index contributed by atoms with van der Waals surface area (Å²) < 4.78 is 6.75. The average molecular weight is 335 g/mol. The zero-order chi connectivity index (χ0) is 15.2. The van der Waals surface area contributed by atoms with Crippen LogP contribution in [0, 0.1) is 0 Å².